The van der Waals surface area contributed by atoms with Gasteiger partial charge in [-0.3, -0.25) is 13.9 Å². The van der Waals surface area contributed by atoms with Gasteiger partial charge in [-0.1, -0.05) is 73.7 Å². The molecule has 1 atom stereocenters. The van der Waals surface area contributed by atoms with E-state index in [-0.39, 0.29) is 17.3 Å². The fourth-order valence-electron chi connectivity index (χ4n) is 4.55. The molecule has 9 heteroatoms. The van der Waals surface area contributed by atoms with Gasteiger partial charge in [-0.15, -0.1) is 0 Å². The van der Waals surface area contributed by atoms with E-state index in [1.807, 2.05) is 74.5 Å². The third-order valence-corrected chi connectivity index (χ3v) is 8.43. The number of nitrogens with zero attached hydrogens (tertiary/aromatic N) is 2. The van der Waals surface area contributed by atoms with Crippen LogP contribution in [0.25, 0.3) is 0 Å². The fraction of sp³-hybridized carbons (Fsp3) is 0.212. The fourth-order valence-corrected chi connectivity index (χ4v) is 5.98. The lowest BCUT2D eigenvalue weighted by molar-refractivity contribution is -0.140. The predicted molar refractivity (Wildman–Crippen MR) is 164 cm³/mol. The Hall–Kier alpha value is -4.63. The number of para-hydroxylation sites is 1. The highest BCUT2D eigenvalue weighted by Gasteiger charge is 2.33. The van der Waals surface area contributed by atoms with E-state index in [1.54, 1.807) is 42.5 Å². The van der Waals surface area contributed by atoms with E-state index in [4.69, 9.17) is 4.74 Å². The molecule has 0 aliphatic carbocycles. The largest absolute Gasteiger partial charge is 0.457 e. The van der Waals surface area contributed by atoms with Crippen molar-refractivity contribution in [1.29, 1.82) is 0 Å². The highest BCUT2D eigenvalue weighted by Crippen LogP contribution is 2.28. The minimum atomic E-state index is -4.15. The summed E-state index contributed by atoms with van der Waals surface area (Å²) in [5, 5.41) is 2.81. The average molecular weight is 586 g/mol. The minimum absolute atomic E-state index is 0.0489. The van der Waals surface area contributed by atoms with Gasteiger partial charge in [-0.2, -0.15) is 0 Å². The Morgan fingerprint density at radius 2 is 1.31 bits per heavy atom. The van der Waals surface area contributed by atoms with Crippen LogP contribution in [0.1, 0.15) is 25.8 Å². The molecule has 2 amide bonds. The van der Waals surface area contributed by atoms with Crippen molar-refractivity contribution in [3.05, 3.63) is 121 Å². The molecular formula is C33H35N3O5S. The van der Waals surface area contributed by atoms with E-state index < -0.39 is 28.5 Å². The Labute approximate surface area is 247 Å². The van der Waals surface area contributed by atoms with Gasteiger partial charge in [0.05, 0.1) is 10.6 Å². The molecule has 0 bridgehead atoms. The number of hydrogen-bond acceptors (Lipinski definition) is 5. The summed E-state index contributed by atoms with van der Waals surface area (Å²) in [6.07, 6.45) is 0.362. The van der Waals surface area contributed by atoms with Crippen LogP contribution < -0.4 is 14.4 Å². The topological polar surface area (TPSA) is 96.0 Å². The maximum atomic E-state index is 14.0. The van der Waals surface area contributed by atoms with Crippen LogP contribution in [0.3, 0.4) is 0 Å². The second-order valence-electron chi connectivity index (χ2n) is 9.56. The number of ether oxygens (including phenoxy) is 1. The molecule has 4 aromatic rings. The summed E-state index contributed by atoms with van der Waals surface area (Å²) in [6, 6.07) is 32.3. The third-order valence-electron chi connectivity index (χ3n) is 6.65. The number of sulfonamides is 1. The van der Waals surface area contributed by atoms with Crippen molar-refractivity contribution in [1.82, 2.24) is 10.2 Å². The number of rotatable bonds is 13. The normalized spacial score (nSPS) is 11.8. The molecule has 0 spiro atoms. The lowest BCUT2D eigenvalue weighted by Gasteiger charge is -2.33. The van der Waals surface area contributed by atoms with Gasteiger partial charge in [0.25, 0.3) is 10.0 Å². The van der Waals surface area contributed by atoms with Crippen molar-refractivity contribution in [2.45, 2.75) is 37.8 Å². The van der Waals surface area contributed by atoms with Crippen LogP contribution in [0.15, 0.2) is 120 Å². The Morgan fingerprint density at radius 3 is 1.88 bits per heavy atom. The van der Waals surface area contributed by atoms with E-state index in [0.717, 1.165) is 9.87 Å². The number of likely N-dealkylation sites (N-methyl/N-ethyl adjacent to an activating group) is 1. The molecule has 218 valence electrons. The monoisotopic (exact) mass is 585 g/mol. The molecule has 1 N–H and O–H groups in total. The summed E-state index contributed by atoms with van der Waals surface area (Å²) in [7, 11) is -4.15. The third kappa shape index (κ3) is 7.55. The molecule has 0 aromatic heterocycles. The zero-order chi connectivity index (χ0) is 30.0. The summed E-state index contributed by atoms with van der Waals surface area (Å²) in [5.41, 5.74) is 1.12. The lowest BCUT2D eigenvalue weighted by atomic mass is 10.1. The van der Waals surface area contributed by atoms with Crippen molar-refractivity contribution in [3.8, 4) is 11.5 Å². The van der Waals surface area contributed by atoms with Gasteiger partial charge >= 0.3 is 0 Å². The SMILES string of the molecule is CCNC(=O)C(CC)N(Cc1ccccc1)C(=O)CN(c1ccc(Oc2ccccc2)cc1)S(=O)(=O)c1ccccc1. The Kier molecular flexibility index (Phi) is 10.3. The lowest BCUT2D eigenvalue weighted by Crippen LogP contribution is -2.52. The van der Waals surface area contributed by atoms with Crippen LogP contribution in [0.4, 0.5) is 5.69 Å². The number of amides is 2. The predicted octanol–water partition coefficient (Wildman–Crippen LogP) is 5.62. The molecule has 8 nitrogen and oxygen atoms in total. The van der Waals surface area contributed by atoms with Crippen LogP contribution in [-0.4, -0.2) is 44.3 Å². The van der Waals surface area contributed by atoms with Gasteiger partial charge < -0.3 is 15.0 Å². The molecule has 0 aliphatic rings. The van der Waals surface area contributed by atoms with E-state index in [9.17, 15) is 18.0 Å². The average Bonchev–Trinajstić information content (AvgIpc) is 3.01. The van der Waals surface area contributed by atoms with E-state index in [2.05, 4.69) is 5.32 Å². The Balaban J connectivity index is 1.70. The van der Waals surface area contributed by atoms with Crippen molar-refractivity contribution < 1.29 is 22.7 Å². The highest BCUT2D eigenvalue weighted by molar-refractivity contribution is 7.92. The quantitative estimate of drug-likeness (QED) is 0.220. The molecule has 4 aromatic carbocycles. The molecule has 42 heavy (non-hydrogen) atoms. The Bertz CT molecular complexity index is 1550. The minimum Gasteiger partial charge on any atom is -0.457 e. The van der Waals surface area contributed by atoms with Gasteiger partial charge in [0, 0.05) is 13.1 Å². The van der Waals surface area contributed by atoms with Gasteiger partial charge in [-0.25, -0.2) is 8.42 Å². The van der Waals surface area contributed by atoms with Crippen LogP contribution in [0.5, 0.6) is 11.5 Å². The molecule has 0 radical (unpaired) electrons. The zero-order valence-corrected chi connectivity index (χ0v) is 24.5. The number of carbonyl (C=O) groups is 2. The molecule has 0 saturated heterocycles. The van der Waals surface area contributed by atoms with E-state index in [1.165, 1.54) is 17.0 Å². The number of anilines is 1. The summed E-state index contributed by atoms with van der Waals surface area (Å²) in [6.45, 7) is 3.70. The van der Waals surface area contributed by atoms with Gasteiger partial charge in [0.1, 0.15) is 24.1 Å². The van der Waals surface area contributed by atoms with Gasteiger partial charge in [-0.05, 0) is 67.4 Å². The van der Waals surface area contributed by atoms with Crippen LogP contribution in [0, 0.1) is 0 Å². The highest BCUT2D eigenvalue weighted by atomic mass is 32.2. The first kappa shape index (κ1) is 30.3. The zero-order valence-electron chi connectivity index (χ0n) is 23.7. The standard InChI is InChI=1S/C33H35N3O5S/c1-3-31(33(38)34-4-2)35(24-26-14-8-5-9-15-26)32(37)25-36(42(39,40)30-18-12-7-13-19-30)27-20-22-29(23-21-27)41-28-16-10-6-11-17-28/h5-23,31H,3-4,24-25H2,1-2H3,(H,34,38). The first-order chi connectivity index (χ1) is 20.3. The maximum Gasteiger partial charge on any atom is 0.264 e. The Morgan fingerprint density at radius 1 is 0.762 bits per heavy atom. The van der Waals surface area contributed by atoms with Gasteiger partial charge in [0.2, 0.25) is 11.8 Å². The van der Waals surface area contributed by atoms with Crippen LogP contribution in [0.2, 0.25) is 0 Å². The number of benzene rings is 4. The second-order valence-corrected chi connectivity index (χ2v) is 11.4. The van der Waals surface area contributed by atoms with Crippen molar-refractivity contribution in [3.63, 3.8) is 0 Å². The number of nitrogens with one attached hydrogen (secondary N) is 1. The van der Waals surface area contributed by atoms with E-state index in [0.29, 0.717) is 30.2 Å². The van der Waals surface area contributed by atoms with Crippen molar-refractivity contribution >= 4 is 27.5 Å². The number of carbonyl (C=O) groups excluding carboxylic acids is 2. The summed E-state index contributed by atoms with van der Waals surface area (Å²) >= 11 is 0. The maximum absolute atomic E-state index is 14.0. The van der Waals surface area contributed by atoms with Gasteiger partial charge in [0.15, 0.2) is 0 Å². The summed E-state index contributed by atoms with van der Waals surface area (Å²) in [4.78, 5) is 28.6. The first-order valence-electron chi connectivity index (χ1n) is 13.8. The summed E-state index contributed by atoms with van der Waals surface area (Å²) < 4.78 is 34.9. The number of hydrogen-bond donors (Lipinski definition) is 1. The molecule has 1 unspecified atom stereocenters. The molecule has 0 aliphatic heterocycles. The molecule has 4 rings (SSSR count). The smallest absolute Gasteiger partial charge is 0.264 e. The second kappa shape index (κ2) is 14.3. The molecule has 0 heterocycles. The van der Waals surface area contributed by atoms with E-state index >= 15 is 0 Å². The molecule has 0 fully saturated rings. The van der Waals surface area contributed by atoms with Crippen LogP contribution >= 0.6 is 0 Å². The molecular weight excluding hydrogens is 550 g/mol. The van der Waals surface area contributed by atoms with Crippen molar-refractivity contribution in [2.75, 3.05) is 17.4 Å². The first-order valence-corrected chi connectivity index (χ1v) is 15.3. The summed E-state index contributed by atoms with van der Waals surface area (Å²) in [5.74, 6) is 0.369. The van der Waals surface area contributed by atoms with Crippen molar-refractivity contribution in [2.24, 2.45) is 0 Å². The van der Waals surface area contributed by atoms with Crippen LogP contribution in [-0.2, 0) is 26.2 Å². The molecule has 0 saturated carbocycles.